The van der Waals surface area contributed by atoms with Crippen molar-refractivity contribution in [2.24, 2.45) is 14.1 Å². The van der Waals surface area contributed by atoms with Crippen molar-refractivity contribution in [3.8, 4) is 5.88 Å². The lowest BCUT2D eigenvalue weighted by Crippen LogP contribution is -2.33. The van der Waals surface area contributed by atoms with Crippen LogP contribution in [0.2, 0.25) is 5.02 Å². The van der Waals surface area contributed by atoms with Crippen LogP contribution < -0.4 is 4.74 Å². The van der Waals surface area contributed by atoms with E-state index in [1.165, 1.54) is 19.2 Å². The smallest absolute Gasteiger partial charge is 0.416 e. The second kappa shape index (κ2) is 9.94. The van der Waals surface area contributed by atoms with Gasteiger partial charge in [0.25, 0.3) is 0 Å². The van der Waals surface area contributed by atoms with E-state index in [-0.39, 0.29) is 12.3 Å². The maximum atomic E-state index is 13.1. The van der Waals surface area contributed by atoms with Gasteiger partial charge < -0.3 is 19.0 Å². The summed E-state index contributed by atoms with van der Waals surface area (Å²) in [5.41, 5.74) is 0.877. The molecule has 0 aliphatic rings. The number of aromatic nitrogens is 5. The van der Waals surface area contributed by atoms with Crippen molar-refractivity contribution >= 4 is 22.5 Å². The quantitative estimate of drug-likeness (QED) is 0.277. The Morgan fingerprint density at radius 3 is 1.93 bits per heavy atom. The molecule has 0 atom stereocenters. The minimum Gasteiger partial charge on any atom is -0.481 e. The molecule has 1 N–H and O–H groups in total. The molecule has 0 amide bonds. The average Bonchev–Trinajstić information content (AvgIpc) is 3.45. The predicted molar refractivity (Wildman–Crippen MR) is 146 cm³/mol. The van der Waals surface area contributed by atoms with E-state index < -0.39 is 17.3 Å². The van der Waals surface area contributed by atoms with Crippen molar-refractivity contribution in [3.05, 3.63) is 105 Å². The number of hydrogen-bond donors (Lipinski definition) is 1. The Hall–Kier alpha value is -3.89. The lowest BCUT2D eigenvalue weighted by molar-refractivity contribution is -0.137. The molecule has 7 nitrogen and oxygen atoms in total. The van der Waals surface area contributed by atoms with Gasteiger partial charge in [-0.25, -0.2) is 15.0 Å². The third-order valence-electron chi connectivity index (χ3n) is 7.43. The third-order valence-corrected chi connectivity index (χ3v) is 7.87. The van der Waals surface area contributed by atoms with Crippen LogP contribution in [-0.4, -0.2) is 36.3 Å². The van der Waals surface area contributed by atoms with Gasteiger partial charge in [-0.2, -0.15) is 13.2 Å². The lowest BCUT2D eigenvalue weighted by atomic mass is 9.86. The number of methoxy groups -OCH3 is 1. The van der Waals surface area contributed by atoms with Crippen molar-refractivity contribution in [2.75, 3.05) is 7.11 Å². The van der Waals surface area contributed by atoms with Gasteiger partial charge in [0.2, 0.25) is 5.88 Å². The number of rotatable bonds is 6. The second-order valence-corrected chi connectivity index (χ2v) is 10.1. The summed E-state index contributed by atoms with van der Waals surface area (Å²) in [5.74, 6) is 1.71. The zero-order valence-corrected chi connectivity index (χ0v) is 23.3. The van der Waals surface area contributed by atoms with E-state index in [9.17, 15) is 18.3 Å². The first-order chi connectivity index (χ1) is 18.9. The molecule has 0 unspecified atom stereocenters. The fraction of sp³-hybridized carbons (Fsp3) is 0.276. The summed E-state index contributed by atoms with van der Waals surface area (Å²) in [5, 5.41) is 13.3. The Morgan fingerprint density at radius 2 is 1.45 bits per heavy atom. The SMILES string of the molecule is COc1nc2ccc(C(O)(c3cnc(C)n3C)c3cnc(C)n3C)cc2c(Cl)c1Cc1ccc(C(F)(F)F)cc1. The summed E-state index contributed by atoms with van der Waals surface area (Å²) < 4.78 is 48.3. The molecule has 5 aromatic rings. The van der Waals surface area contributed by atoms with Crippen LogP contribution in [0.25, 0.3) is 10.9 Å². The summed E-state index contributed by atoms with van der Waals surface area (Å²) in [4.78, 5) is 13.4. The number of aryl methyl sites for hydroxylation is 2. The van der Waals surface area contributed by atoms with E-state index in [1.807, 2.05) is 37.1 Å². The Kier molecular flexibility index (Phi) is 6.87. The Labute approximate surface area is 233 Å². The number of ether oxygens (including phenoxy) is 1. The summed E-state index contributed by atoms with van der Waals surface area (Å²) in [6.07, 6.45) is -0.971. The zero-order valence-electron chi connectivity index (χ0n) is 22.5. The van der Waals surface area contributed by atoms with Gasteiger partial charge in [-0.15, -0.1) is 0 Å². The number of fused-ring (bicyclic) bond motifs is 1. The number of pyridine rings is 1. The summed E-state index contributed by atoms with van der Waals surface area (Å²) in [6, 6.07) is 10.2. The minimum absolute atomic E-state index is 0.194. The van der Waals surface area contributed by atoms with Crippen molar-refractivity contribution in [1.29, 1.82) is 0 Å². The number of imidazole rings is 2. The molecular weight excluding hydrogens is 543 g/mol. The molecule has 0 aliphatic heterocycles. The first-order valence-electron chi connectivity index (χ1n) is 12.4. The fourth-order valence-corrected chi connectivity index (χ4v) is 5.21. The summed E-state index contributed by atoms with van der Waals surface area (Å²) >= 11 is 6.95. The van der Waals surface area contributed by atoms with Gasteiger partial charge in [0.15, 0.2) is 5.60 Å². The summed E-state index contributed by atoms with van der Waals surface area (Å²) in [6.45, 7) is 3.69. The van der Waals surface area contributed by atoms with E-state index in [0.717, 1.165) is 23.8 Å². The van der Waals surface area contributed by atoms with Gasteiger partial charge in [-0.1, -0.05) is 29.8 Å². The molecule has 0 aliphatic carbocycles. The monoisotopic (exact) mass is 569 g/mol. The largest absolute Gasteiger partial charge is 0.481 e. The Bertz CT molecular complexity index is 1680. The Morgan fingerprint density at radius 1 is 0.900 bits per heavy atom. The van der Waals surface area contributed by atoms with E-state index in [4.69, 9.17) is 16.3 Å². The van der Waals surface area contributed by atoms with Gasteiger partial charge in [0, 0.05) is 31.5 Å². The van der Waals surface area contributed by atoms with Crippen LogP contribution >= 0.6 is 11.6 Å². The highest BCUT2D eigenvalue weighted by atomic mass is 35.5. The molecule has 40 heavy (non-hydrogen) atoms. The number of halogens is 4. The third kappa shape index (κ3) is 4.50. The standard InChI is InChI=1S/C29H27ClF3N5O2/c1-16-34-14-24(37(16)3)28(39,25-15-35-17(2)38(25)4)20-10-11-23-21(13-20)26(30)22(27(36-23)40-5)12-18-6-8-19(9-7-18)29(31,32)33/h6-11,13-15,39H,12H2,1-5H3. The average molecular weight is 570 g/mol. The van der Waals surface area contributed by atoms with Crippen LogP contribution in [0.4, 0.5) is 13.2 Å². The van der Waals surface area contributed by atoms with Gasteiger partial charge in [0.1, 0.15) is 11.6 Å². The van der Waals surface area contributed by atoms with Crippen molar-refractivity contribution in [1.82, 2.24) is 24.1 Å². The molecule has 0 spiro atoms. The topological polar surface area (TPSA) is 78.0 Å². The van der Waals surface area contributed by atoms with Gasteiger partial charge in [-0.3, -0.25) is 0 Å². The minimum atomic E-state index is -4.43. The number of alkyl halides is 3. The van der Waals surface area contributed by atoms with Gasteiger partial charge in [-0.05, 0) is 49.2 Å². The predicted octanol–water partition coefficient (Wildman–Crippen LogP) is 5.87. The van der Waals surface area contributed by atoms with E-state index in [2.05, 4.69) is 15.0 Å². The highest BCUT2D eigenvalue weighted by Gasteiger charge is 2.40. The molecular formula is C29H27ClF3N5O2. The van der Waals surface area contributed by atoms with E-state index >= 15 is 0 Å². The van der Waals surface area contributed by atoms with Crippen LogP contribution in [0.1, 0.15) is 45.3 Å². The van der Waals surface area contributed by atoms with Crippen LogP contribution in [-0.2, 0) is 32.3 Å². The molecule has 3 aromatic heterocycles. The first-order valence-corrected chi connectivity index (χ1v) is 12.8. The highest BCUT2D eigenvalue weighted by Crippen LogP contribution is 2.41. The molecule has 0 saturated carbocycles. The lowest BCUT2D eigenvalue weighted by Gasteiger charge is -2.30. The number of hydrogen-bond acceptors (Lipinski definition) is 5. The van der Waals surface area contributed by atoms with E-state index in [1.54, 1.807) is 30.6 Å². The first kappa shape index (κ1) is 27.7. The molecule has 0 bridgehead atoms. The maximum Gasteiger partial charge on any atom is 0.416 e. The molecule has 208 valence electrons. The van der Waals surface area contributed by atoms with Gasteiger partial charge >= 0.3 is 6.18 Å². The number of nitrogens with zero attached hydrogens (tertiary/aromatic N) is 5. The van der Waals surface area contributed by atoms with Crippen LogP contribution in [0.5, 0.6) is 5.88 Å². The van der Waals surface area contributed by atoms with Gasteiger partial charge in [0.05, 0.1) is 47.0 Å². The van der Waals surface area contributed by atoms with Crippen LogP contribution in [0.15, 0.2) is 54.9 Å². The molecule has 0 saturated heterocycles. The molecule has 5 rings (SSSR count). The fourth-order valence-electron chi connectivity index (χ4n) is 4.91. The summed E-state index contributed by atoms with van der Waals surface area (Å²) in [7, 11) is 5.12. The molecule has 11 heteroatoms. The molecule has 3 heterocycles. The second-order valence-electron chi connectivity index (χ2n) is 9.73. The number of benzene rings is 2. The molecule has 0 fully saturated rings. The number of aliphatic hydroxyl groups is 1. The van der Waals surface area contributed by atoms with E-state index in [0.29, 0.717) is 44.0 Å². The zero-order chi connectivity index (χ0) is 29.0. The van der Waals surface area contributed by atoms with Crippen LogP contribution in [0.3, 0.4) is 0 Å². The van der Waals surface area contributed by atoms with Crippen LogP contribution in [0, 0.1) is 13.8 Å². The maximum absolute atomic E-state index is 13.1. The van der Waals surface area contributed by atoms with Crippen molar-refractivity contribution in [3.63, 3.8) is 0 Å². The molecule has 0 radical (unpaired) electrons. The van der Waals surface area contributed by atoms with Crippen molar-refractivity contribution in [2.45, 2.75) is 32.0 Å². The highest BCUT2D eigenvalue weighted by molar-refractivity contribution is 6.36. The van der Waals surface area contributed by atoms with Crippen molar-refractivity contribution < 1.29 is 23.0 Å². The Balaban J connectivity index is 1.68. The normalized spacial score (nSPS) is 12.3. The molecule has 2 aromatic carbocycles.